The standard InChI is InChI=1S/C35H69N2O6P/c1-6-8-10-12-14-16-17-18-19-21-23-25-27-29-35(39)36-33(32-43-44(40,41)42-31-30-37(3,4)5)34(38)28-26-24-22-20-15-13-11-9-7-2/h15,20,26,28,33-34,38H,6-14,16-19,21-25,27,29-32H2,1-5H3,(H-,36,39,40,41)/p+1/b20-15+,28-26+/t33-,34+/m0/s1. The number of carbonyl (C=O) groups excluding carboxylic acids is 1. The molecule has 8 nitrogen and oxygen atoms in total. The van der Waals surface area contributed by atoms with E-state index in [-0.39, 0.29) is 19.1 Å². The van der Waals surface area contributed by atoms with E-state index in [9.17, 15) is 19.4 Å². The van der Waals surface area contributed by atoms with Gasteiger partial charge in [0.05, 0.1) is 39.9 Å². The van der Waals surface area contributed by atoms with E-state index in [4.69, 9.17) is 9.05 Å². The molecular weight excluding hydrogens is 575 g/mol. The second-order valence-corrected chi connectivity index (χ2v) is 14.7. The van der Waals surface area contributed by atoms with Gasteiger partial charge in [-0.3, -0.25) is 13.8 Å². The van der Waals surface area contributed by atoms with Gasteiger partial charge < -0.3 is 19.8 Å². The summed E-state index contributed by atoms with van der Waals surface area (Å²) in [5.74, 6) is -0.192. The number of aliphatic hydroxyl groups is 1. The summed E-state index contributed by atoms with van der Waals surface area (Å²) in [5, 5.41) is 13.6. The average Bonchev–Trinajstić information content (AvgIpc) is 2.95. The van der Waals surface area contributed by atoms with Gasteiger partial charge in [-0.1, -0.05) is 128 Å². The van der Waals surface area contributed by atoms with Crippen LogP contribution in [0, 0.1) is 0 Å². The van der Waals surface area contributed by atoms with Crippen LogP contribution in [0.5, 0.6) is 0 Å². The molecule has 0 aromatic carbocycles. The van der Waals surface area contributed by atoms with E-state index in [1.54, 1.807) is 6.08 Å². The Bertz CT molecular complexity index is 784. The van der Waals surface area contributed by atoms with Gasteiger partial charge in [0, 0.05) is 6.42 Å². The molecule has 0 bridgehead atoms. The molecular formula is C35H70N2O6P+. The Morgan fingerprint density at radius 2 is 1.25 bits per heavy atom. The number of allylic oxidation sites excluding steroid dienone is 3. The smallest absolute Gasteiger partial charge is 0.387 e. The van der Waals surface area contributed by atoms with Crippen LogP contribution in [0.3, 0.4) is 0 Å². The highest BCUT2D eigenvalue weighted by molar-refractivity contribution is 7.47. The Balaban J connectivity index is 4.57. The van der Waals surface area contributed by atoms with Crippen LogP contribution in [0.4, 0.5) is 0 Å². The number of hydrogen-bond donors (Lipinski definition) is 3. The molecule has 9 heteroatoms. The number of likely N-dealkylation sites (N-methyl/N-ethyl adjacent to an activating group) is 1. The second kappa shape index (κ2) is 28.2. The van der Waals surface area contributed by atoms with E-state index >= 15 is 0 Å². The van der Waals surface area contributed by atoms with Crippen molar-refractivity contribution in [1.82, 2.24) is 5.32 Å². The zero-order valence-corrected chi connectivity index (χ0v) is 30.0. The molecule has 0 radical (unpaired) electrons. The lowest BCUT2D eigenvalue weighted by atomic mass is 10.0. The summed E-state index contributed by atoms with van der Waals surface area (Å²) >= 11 is 0. The first-order chi connectivity index (χ1) is 21.0. The van der Waals surface area contributed by atoms with E-state index in [1.165, 1.54) is 83.5 Å². The van der Waals surface area contributed by atoms with E-state index in [0.29, 0.717) is 17.4 Å². The van der Waals surface area contributed by atoms with Gasteiger partial charge >= 0.3 is 7.82 Å². The third-order valence-corrected chi connectivity index (χ3v) is 8.66. The molecule has 0 saturated carbocycles. The van der Waals surface area contributed by atoms with Crippen LogP contribution in [0.25, 0.3) is 0 Å². The van der Waals surface area contributed by atoms with Crippen LogP contribution in [0.1, 0.15) is 142 Å². The number of phosphoric acid groups is 1. The third kappa shape index (κ3) is 29.7. The maximum Gasteiger partial charge on any atom is 0.472 e. The molecule has 0 rings (SSSR count). The van der Waals surface area contributed by atoms with E-state index in [2.05, 4.69) is 31.3 Å². The first-order valence-electron chi connectivity index (χ1n) is 17.7. The van der Waals surface area contributed by atoms with Gasteiger partial charge in [0.1, 0.15) is 13.2 Å². The predicted octanol–water partition coefficient (Wildman–Crippen LogP) is 8.63. The van der Waals surface area contributed by atoms with Crippen molar-refractivity contribution >= 4 is 13.7 Å². The summed E-state index contributed by atoms with van der Waals surface area (Å²) < 4.78 is 23.3. The molecule has 3 atom stereocenters. The highest BCUT2D eigenvalue weighted by Crippen LogP contribution is 2.43. The van der Waals surface area contributed by atoms with Crippen molar-refractivity contribution in [1.29, 1.82) is 0 Å². The van der Waals surface area contributed by atoms with E-state index in [0.717, 1.165) is 38.5 Å². The van der Waals surface area contributed by atoms with Gasteiger partial charge in [0.15, 0.2) is 0 Å². The third-order valence-electron chi connectivity index (χ3n) is 7.67. The molecule has 3 N–H and O–H groups in total. The zero-order valence-electron chi connectivity index (χ0n) is 29.1. The zero-order chi connectivity index (χ0) is 32.9. The SMILES string of the molecule is CCCCC/C=C/CC/C=C/[C@@H](O)[C@H](COP(=O)(O)OCC[N+](C)(C)C)NC(=O)CCCCCCCCCCCCCCC. The highest BCUT2D eigenvalue weighted by atomic mass is 31.2. The van der Waals surface area contributed by atoms with E-state index < -0.39 is 20.0 Å². The molecule has 260 valence electrons. The number of quaternary nitrogens is 1. The molecule has 0 aliphatic heterocycles. The average molecular weight is 646 g/mol. The largest absolute Gasteiger partial charge is 0.472 e. The molecule has 0 spiro atoms. The second-order valence-electron chi connectivity index (χ2n) is 13.2. The molecule has 0 fully saturated rings. The Hall–Kier alpha value is -1.02. The minimum atomic E-state index is -4.32. The Labute approximate surface area is 271 Å². The lowest BCUT2D eigenvalue weighted by molar-refractivity contribution is -0.870. The van der Waals surface area contributed by atoms with Crippen molar-refractivity contribution in [3.8, 4) is 0 Å². The van der Waals surface area contributed by atoms with Crippen molar-refractivity contribution < 1.29 is 32.9 Å². The fourth-order valence-electron chi connectivity index (χ4n) is 4.76. The topological polar surface area (TPSA) is 105 Å². The summed E-state index contributed by atoms with van der Waals surface area (Å²) in [6.45, 7) is 4.71. The van der Waals surface area contributed by atoms with Crippen molar-refractivity contribution in [2.45, 2.75) is 154 Å². The lowest BCUT2D eigenvalue weighted by Gasteiger charge is -2.25. The maximum absolute atomic E-state index is 12.7. The first kappa shape index (κ1) is 43.0. The molecule has 0 aromatic rings. The minimum Gasteiger partial charge on any atom is -0.387 e. The van der Waals surface area contributed by atoms with Crippen LogP contribution >= 0.6 is 7.82 Å². The van der Waals surface area contributed by atoms with Crippen LogP contribution in [-0.4, -0.2) is 73.4 Å². The van der Waals surface area contributed by atoms with Crippen LogP contribution in [0.2, 0.25) is 0 Å². The molecule has 0 aliphatic carbocycles. The Morgan fingerprint density at radius 3 is 1.82 bits per heavy atom. The lowest BCUT2D eigenvalue weighted by Crippen LogP contribution is -2.45. The summed E-state index contributed by atoms with van der Waals surface area (Å²) in [5.41, 5.74) is 0. The number of nitrogens with one attached hydrogen (secondary N) is 1. The monoisotopic (exact) mass is 645 g/mol. The number of phosphoric ester groups is 1. The van der Waals surface area contributed by atoms with Gasteiger partial charge in [-0.05, 0) is 32.1 Å². The molecule has 1 unspecified atom stereocenters. The molecule has 0 aromatic heterocycles. The Morgan fingerprint density at radius 1 is 0.750 bits per heavy atom. The van der Waals surface area contributed by atoms with E-state index in [1.807, 2.05) is 27.2 Å². The molecule has 0 aliphatic rings. The first-order valence-corrected chi connectivity index (χ1v) is 19.2. The number of unbranched alkanes of at least 4 members (excludes halogenated alkanes) is 16. The summed E-state index contributed by atoms with van der Waals surface area (Å²) in [7, 11) is 1.55. The predicted molar refractivity (Wildman–Crippen MR) is 185 cm³/mol. The molecule has 1 amide bonds. The van der Waals surface area contributed by atoms with Crippen molar-refractivity contribution in [3.05, 3.63) is 24.3 Å². The summed E-state index contributed by atoms with van der Waals surface area (Å²) in [4.78, 5) is 22.9. The van der Waals surface area contributed by atoms with Crippen LogP contribution < -0.4 is 5.32 Å². The molecule has 0 saturated heterocycles. The number of amides is 1. The summed E-state index contributed by atoms with van der Waals surface area (Å²) in [6, 6.07) is -0.854. The number of rotatable bonds is 31. The minimum absolute atomic E-state index is 0.0573. The van der Waals surface area contributed by atoms with Crippen molar-refractivity contribution in [2.75, 3.05) is 40.9 Å². The number of nitrogens with zero attached hydrogens (tertiary/aromatic N) is 1. The van der Waals surface area contributed by atoms with Crippen LogP contribution in [0.15, 0.2) is 24.3 Å². The fraction of sp³-hybridized carbons (Fsp3) is 0.857. The highest BCUT2D eigenvalue weighted by Gasteiger charge is 2.27. The fourth-order valence-corrected chi connectivity index (χ4v) is 5.50. The quantitative estimate of drug-likeness (QED) is 0.0302. The van der Waals surface area contributed by atoms with Gasteiger partial charge in [0.25, 0.3) is 0 Å². The number of hydrogen-bond acceptors (Lipinski definition) is 5. The van der Waals surface area contributed by atoms with Crippen molar-refractivity contribution in [2.24, 2.45) is 0 Å². The Kier molecular flexibility index (Phi) is 27.6. The van der Waals surface area contributed by atoms with Gasteiger partial charge in [0.2, 0.25) is 5.91 Å². The number of carbonyl (C=O) groups is 1. The number of aliphatic hydroxyl groups excluding tert-OH is 1. The van der Waals surface area contributed by atoms with Gasteiger partial charge in [-0.25, -0.2) is 4.57 Å². The summed E-state index contributed by atoms with van der Waals surface area (Å²) in [6.07, 6.45) is 29.6. The van der Waals surface area contributed by atoms with Gasteiger partial charge in [-0.15, -0.1) is 0 Å². The molecule has 0 heterocycles. The van der Waals surface area contributed by atoms with Crippen molar-refractivity contribution in [3.63, 3.8) is 0 Å². The van der Waals surface area contributed by atoms with Crippen LogP contribution in [-0.2, 0) is 18.4 Å². The molecule has 44 heavy (non-hydrogen) atoms. The normalized spacial score (nSPS) is 15.2. The maximum atomic E-state index is 12.7. The van der Waals surface area contributed by atoms with Gasteiger partial charge in [-0.2, -0.15) is 0 Å².